The second kappa shape index (κ2) is 8.42. The Morgan fingerprint density at radius 3 is 2.48 bits per heavy atom. The van der Waals surface area contributed by atoms with E-state index >= 15 is 0 Å². The number of hydrogen-bond donors (Lipinski definition) is 2. The van der Waals surface area contributed by atoms with Gasteiger partial charge in [0.05, 0.1) is 4.90 Å². The molecule has 0 spiro atoms. The summed E-state index contributed by atoms with van der Waals surface area (Å²) in [5.41, 5.74) is 0.960. The maximum absolute atomic E-state index is 11.8. The van der Waals surface area contributed by atoms with Gasteiger partial charge in [0, 0.05) is 26.2 Å². The van der Waals surface area contributed by atoms with Crippen molar-refractivity contribution in [2.45, 2.75) is 37.0 Å². The predicted molar refractivity (Wildman–Crippen MR) is 87.3 cm³/mol. The van der Waals surface area contributed by atoms with Crippen LogP contribution in [-0.4, -0.2) is 34.1 Å². The Labute approximate surface area is 137 Å². The van der Waals surface area contributed by atoms with Crippen LogP contribution < -0.4 is 10.5 Å². The second-order valence-corrected chi connectivity index (χ2v) is 7.44. The molecular formula is C16H24N2O4S. The van der Waals surface area contributed by atoms with Gasteiger partial charge in [-0.2, -0.15) is 0 Å². The summed E-state index contributed by atoms with van der Waals surface area (Å²) in [6.07, 6.45) is 4.22. The number of nitrogens with two attached hydrogens (primary N) is 1. The summed E-state index contributed by atoms with van der Waals surface area (Å²) in [5.74, 6) is 0.665. The normalized spacial score (nSPS) is 16.2. The summed E-state index contributed by atoms with van der Waals surface area (Å²) in [5, 5.41) is 7.95. The lowest BCUT2D eigenvalue weighted by atomic mass is 9.95. The van der Waals surface area contributed by atoms with Gasteiger partial charge in [-0.1, -0.05) is 12.1 Å². The van der Waals surface area contributed by atoms with Crippen LogP contribution in [0.5, 0.6) is 0 Å². The minimum atomic E-state index is -3.65. The van der Waals surface area contributed by atoms with Crippen LogP contribution in [0.1, 0.15) is 31.2 Å². The van der Waals surface area contributed by atoms with Gasteiger partial charge >= 0.3 is 0 Å². The lowest BCUT2D eigenvalue weighted by molar-refractivity contribution is -0.121. The van der Waals surface area contributed by atoms with E-state index in [0.29, 0.717) is 25.3 Å². The van der Waals surface area contributed by atoms with Gasteiger partial charge in [0.15, 0.2) is 0 Å². The molecule has 128 valence electrons. The van der Waals surface area contributed by atoms with Gasteiger partial charge in [-0.05, 0) is 49.3 Å². The third kappa shape index (κ3) is 6.29. The van der Waals surface area contributed by atoms with E-state index in [-0.39, 0.29) is 10.8 Å². The third-order valence-electron chi connectivity index (χ3n) is 4.11. The number of sulfonamides is 1. The van der Waals surface area contributed by atoms with Crippen molar-refractivity contribution < 1.29 is 17.9 Å². The highest BCUT2D eigenvalue weighted by molar-refractivity contribution is 7.89. The van der Waals surface area contributed by atoms with Crippen molar-refractivity contribution in [3.8, 4) is 0 Å². The molecule has 0 radical (unpaired) electrons. The van der Waals surface area contributed by atoms with Gasteiger partial charge in [-0.15, -0.1) is 0 Å². The van der Waals surface area contributed by atoms with Crippen molar-refractivity contribution in [3.05, 3.63) is 29.8 Å². The van der Waals surface area contributed by atoms with Crippen LogP contribution in [0, 0.1) is 5.92 Å². The number of primary sulfonamides is 1. The van der Waals surface area contributed by atoms with Gasteiger partial charge in [0.1, 0.15) is 0 Å². The molecule has 6 nitrogen and oxygen atoms in total. The molecule has 0 unspecified atom stereocenters. The predicted octanol–water partition coefficient (Wildman–Crippen LogP) is 1.20. The highest BCUT2D eigenvalue weighted by atomic mass is 32.2. The van der Waals surface area contributed by atoms with E-state index < -0.39 is 10.0 Å². The Hall–Kier alpha value is -1.44. The highest BCUT2D eigenvalue weighted by Gasteiger charge is 2.15. The van der Waals surface area contributed by atoms with Gasteiger partial charge in [-0.3, -0.25) is 4.79 Å². The van der Waals surface area contributed by atoms with E-state index in [9.17, 15) is 13.2 Å². The fourth-order valence-electron chi connectivity index (χ4n) is 2.65. The third-order valence-corrected chi connectivity index (χ3v) is 5.04. The number of amides is 1. The molecule has 0 aromatic heterocycles. The monoisotopic (exact) mass is 340 g/mol. The summed E-state index contributed by atoms with van der Waals surface area (Å²) in [7, 11) is -3.65. The van der Waals surface area contributed by atoms with E-state index in [4.69, 9.17) is 9.88 Å². The van der Waals surface area contributed by atoms with Crippen LogP contribution >= 0.6 is 0 Å². The number of nitrogens with one attached hydrogen (secondary N) is 1. The molecule has 1 aromatic carbocycles. The Balaban J connectivity index is 1.66. The van der Waals surface area contributed by atoms with Crippen LogP contribution in [0.2, 0.25) is 0 Å². The lowest BCUT2D eigenvalue weighted by Gasteiger charge is -2.21. The molecule has 0 saturated carbocycles. The molecule has 7 heteroatoms. The summed E-state index contributed by atoms with van der Waals surface area (Å²) in [4.78, 5) is 11.9. The largest absolute Gasteiger partial charge is 0.381 e. The Kier molecular flexibility index (Phi) is 6.56. The molecule has 1 aromatic rings. The fourth-order valence-corrected chi connectivity index (χ4v) is 3.17. The molecule has 1 heterocycles. The molecule has 23 heavy (non-hydrogen) atoms. The molecule has 0 atom stereocenters. The molecule has 1 amide bonds. The fraction of sp³-hybridized carbons (Fsp3) is 0.562. The summed E-state index contributed by atoms with van der Waals surface area (Å²) < 4.78 is 27.6. The van der Waals surface area contributed by atoms with Crippen molar-refractivity contribution >= 4 is 15.9 Å². The van der Waals surface area contributed by atoms with Crippen LogP contribution in [-0.2, 0) is 26.0 Å². The van der Waals surface area contributed by atoms with E-state index in [0.717, 1.165) is 38.0 Å². The maximum Gasteiger partial charge on any atom is 0.238 e. The number of carbonyl (C=O) groups is 1. The minimum absolute atomic E-state index is 0.0673. The average Bonchev–Trinajstić information content (AvgIpc) is 2.53. The zero-order valence-electron chi connectivity index (χ0n) is 13.2. The quantitative estimate of drug-likeness (QED) is 0.779. The maximum atomic E-state index is 11.8. The zero-order valence-corrected chi connectivity index (χ0v) is 14.0. The van der Waals surface area contributed by atoms with Crippen molar-refractivity contribution in [2.24, 2.45) is 11.1 Å². The van der Waals surface area contributed by atoms with E-state index in [1.807, 2.05) is 0 Å². The SMILES string of the molecule is NS(=O)(=O)c1ccc(CCNC(=O)CCC2CCOCC2)cc1. The molecule has 0 bridgehead atoms. The first kappa shape index (κ1) is 17.9. The molecule has 1 aliphatic rings. The smallest absolute Gasteiger partial charge is 0.238 e. The summed E-state index contributed by atoms with van der Waals surface area (Å²) in [6, 6.07) is 6.40. The zero-order chi connectivity index (χ0) is 16.7. The van der Waals surface area contributed by atoms with Crippen molar-refractivity contribution in [3.63, 3.8) is 0 Å². The molecule has 0 aliphatic carbocycles. The number of carbonyl (C=O) groups excluding carboxylic acids is 1. The van der Waals surface area contributed by atoms with Crippen LogP contribution in [0.4, 0.5) is 0 Å². The van der Waals surface area contributed by atoms with E-state index in [1.165, 1.54) is 12.1 Å². The first-order valence-corrected chi connectivity index (χ1v) is 9.46. The Morgan fingerprint density at radius 2 is 1.87 bits per heavy atom. The second-order valence-electron chi connectivity index (χ2n) is 5.88. The van der Waals surface area contributed by atoms with Gasteiger partial charge in [-0.25, -0.2) is 13.6 Å². The van der Waals surface area contributed by atoms with Gasteiger partial charge in [0.2, 0.25) is 15.9 Å². The number of ether oxygens (including phenoxy) is 1. The first-order valence-electron chi connectivity index (χ1n) is 7.91. The summed E-state index contributed by atoms with van der Waals surface area (Å²) in [6.45, 7) is 2.16. The number of rotatable bonds is 7. The van der Waals surface area contributed by atoms with Crippen molar-refractivity contribution in [1.29, 1.82) is 0 Å². The Bertz CT molecular complexity index is 607. The molecule has 1 aliphatic heterocycles. The number of hydrogen-bond acceptors (Lipinski definition) is 4. The molecule has 3 N–H and O–H groups in total. The lowest BCUT2D eigenvalue weighted by Crippen LogP contribution is -2.26. The molecule has 2 rings (SSSR count). The average molecular weight is 340 g/mol. The van der Waals surface area contributed by atoms with Gasteiger partial charge in [0.25, 0.3) is 0 Å². The summed E-state index contributed by atoms with van der Waals surface area (Å²) >= 11 is 0. The minimum Gasteiger partial charge on any atom is -0.381 e. The molecule has 1 saturated heterocycles. The first-order chi connectivity index (χ1) is 10.9. The van der Waals surface area contributed by atoms with E-state index in [1.54, 1.807) is 12.1 Å². The Morgan fingerprint density at radius 1 is 1.22 bits per heavy atom. The topological polar surface area (TPSA) is 98.5 Å². The van der Waals surface area contributed by atoms with Crippen molar-refractivity contribution in [2.75, 3.05) is 19.8 Å². The number of benzene rings is 1. The van der Waals surface area contributed by atoms with Crippen LogP contribution in [0.25, 0.3) is 0 Å². The highest BCUT2D eigenvalue weighted by Crippen LogP contribution is 2.19. The van der Waals surface area contributed by atoms with Crippen LogP contribution in [0.15, 0.2) is 29.2 Å². The van der Waals surface area contributed by atoms with Gasteiger partial charge < -0.3 is 10.1 Å². The molecule has 1 fully saturated rings. The van der Waals surface area contributed by atoms with Crippen molar-refractivity contribution in [1.82, 2.24) is 5.32 Å². The standard InChI is InChI=1S/C16H24N2O4S/c17-23(20,21)15-4-1-13(2-5-15)7-10-18-16(19)6-3-14-8-11-22-12-9-14/h1-2,4-5,14H,3,6-12H2,(H,18,19)(H2,17,20,21). The molecular weight excluding hydrogens is 316 g/mol. The van der Waals surface area contributed by atoms with Crippen LogP contribution in [0.3, 0.4) is 0 Å². The van der Waals surface area contributed by atoms with E-state index in [2.05, 4.69) is 5.32 Å².